The second-order valence-electron chi connectivity index (χ2n) is 4.59. The normalized spacial score (nSPS) is 14.1. The molecule has 1 unspecified atom stereocenters. The van der Waals surface area contributed by atoms with Gasteiger partial charge in [0.1, 0.15) is 0 Å². The van der Waals surface area contributed by atoms with Crippen LogP contribution in [-0.2, 0) is 12.6 Å². The van der Waals surface area contributed by atoms with Crippen LogP contribution in [0.5, 0.6) is 0 Å². The van der Waals surface area contributed by atoms with Gasteiger partial charge in [0.05, 0.1) is 5.01 Å². The van der Waals surface area contributed by atoms with Crippen molar-refractivity contribution in [2.75, 3.05) is 13.1 Å². The predicted molar refractivity (Wildman–Crippen MR) is 79.7 cm³/mol. The fourth-order valence-electron chi connectivity index (χ4n) is 1.47. The highest BCUT2D eigenvalue weighted by atomic mass is 32.1. The average Bonchev–Trinajstić information content (AvgIpc) is 2.87. The van der Waals surface area contributed by atoms with Crippen LogP contribution in [0.3, 0.4) is 0 Å². The molecule has 120 valence electrons. The first-order valence-corrected chi connectivity index (χ1v) is 7.81. The molecule has 0 saturated carbocycles. The monoisotopic (exact) mass is 322 g/mol. The van der Waals surface area contributed by atoms with E-state index in [1.165, 1.54) is 0 Å². The van der Waals surface area contributed by atoms with E-state index in [4.69, 9.17) is 0 Å². The molecule has 0 radical (unpaired) electrons. The van der Waals surface area contributed by atoms with Gasteiger partial charge in [0.2, 0.25) is 0 Å². The lowest BCUT2D eigenvalue weighted by atomic mass is 10.3. The molecule has 1 heterocycles. The Kier molecular flexibility index (Phi) is 6.94. The molecule has 1 aromatic heterocycles. The molecule has 0 aliphatic carbocycles. The Labute approximate surface area is 126 Å². The third-order valence-electron chi connectivity index (χ3n) is 2.78. The Bertz CT molecular complexity index is 457. The van der Waals surface area contributed by atoms with E-state index in [1.807, 2.05) is 13.8 Å². The summed E-state index contributed by atoms with van der Waals surface area (Å²) in [7, 11) is 0. The predicted octanol–water partition coefficient (Wildman–Crippen LogP) is 3.06. The molecular weight excluding hydrogens is 301 g/mol. The largest absolute Gasteiger partial charge is 0.434 e. The number of rotatable bonds is 6. The van der Waals surface area contributed by atoms with E-state index in [0.29, 0.717) is 30.0 Å². The van der Waals surface area contributed by atoms with E-state index in [9.17, 15) is 13.2 Å². The molecule has 1 aromatic rings. The maximum Gasteiger partial charge on any atom is 0.434 e. The van der Waals surface area contributed by atoms with Crippen LogP contribution < -0.4 is 10.6 Å². The minimum absolute atomic E-state index is 0.291. The van der Waals surface area contributed by atoms with Gasteiger partial charge in [-0.2, -0.15) is 13.2 Å². The van der Waals surface area contributed by atoms with E-state index >= 15 is 0 Å². The summed E-state index contributed by atoms with van der Waals surface area (Å²) in [6.07, 6.45) is -3.01. The summed E-state index contributed by atoms with van der Waals surface area (Å²) in [6, 6.07) is 0.291. The van der Waals surface area contributed by atoms with E-state index in [1.54, 1.807) is 0 Å². The van der Waals surface area contributed by atoms with Crippen molar-refractivity contribution >= 4 is 17.3 Å². The van der Waals surface area contributed by atoms with E-state index in [2.05, 4.69) is 27.5 Å². The summed E-state index contributed by atoms with van der Waals surface area (Å²) in [4.78, 5) is 7.93. The van der Waals surface area contributed by atoms with Crippen molar-refractivity contribution in [3.63, 3.8) is 0 Å². The van der Waals surface area contributed by atoms with Crippen molar-refractivity contribution in [3.8, 4) is 0 Å². The first-order chi connectivity index (χ1) is 9.86. The zero-order valence-corrected chi connectivity index (χ0v) is 13.2. The van der Waals surface area contributed by atoms with Gasteiger partial charge in [-0.25, -0.2) is 4.98 Å². The molecule has 0 spiro atoms. The SMILES string of the molecule is CCNC(=NCCc1nc(C(F)(F)F)cs1)NC(C)CC. The molecule has 2 N–H and O–H groups in total. The molecule has 0 fully saturated rings. The van der Waals surface area contributed by atoms with Crippen LogP contribution in [0.15, 0.2) is 10.4 Å². The molecule has 0 amide bonds. The van der Waals surface area contributed by atoms with Crippen molar-refractivity contribution in [1.82, 2.24) is 15.6 Å². The molecular formula is C13H21F3N4S. The van der Waals surface area contributed by atoms with Crippen molar-refractivity contribution < 1.29 is 13.2 Å². The molecule has 0 bridgehead atoms. The van der Waals surface area contributed by atoms with Crippen LogP contribution in [0, 0.1) is 0 Å². The Hall–Kier alpha value is -1.31. The minimum Gasteiger partial charge on any atom is -0.357 e. The number of thiazole rings is 1. The molecule has 0 aliphatic heterocycles. The zero-order valence-electron chi connectivity index (χ0n) is 12.4. The molecule has 21 heavy (non-hydrogen) atoms. The Balaban J connectivity index is 2.55. The Morgan fingerprint density at radius 3 is 2.67 bits per heavy atom. The highest BCUT2D eigenvalue weighted by Crippen LogP contribution is 2.30. The van der Waals surface area contributed by atoms with E-state index in [0.717, 1.165) is 29.7 Å². The lowest BCUT2D eigenvalue weighted by molar-refractivity contribution is -0.140. The van der Waals surface area contributed by atoms with Crippen molar-refractivity contribution in [1.29, 1.82) is 0 Å². The van der Waals surface area contributed by atoms with Gasteiger partial charge in [-0.3, -0.25) is 4.99 Å². The van der Waals surface area contributed by atoms with Crippen LogP contribution in [0.4, 0.5) is 13.2 Å². The second-order valence-corrected chi connectivity index (χ2v) is 5.53. The van der Waals surface area contributed by atoms with Gasteiger partial charge < -0.3 is 10.6 Å². The number of nitrogens with zero attached hydrogens (tertiary/aromatic N) is 2. The fourth-order valence-corrected chi connectivity index (χ4v) is 2.27. The molecule has 0 aliphatic rings. The molecule has 8 heteroatoms. The molecule has 4 nitrogen and oxygen atoms in total. The molecule has 0 aromatic carbocycles. The minimum atomic E-state index is -4.37. The fraction of sp³-hybridized carbons (Fsp3) is 0.692. The van der Waals surface area contributed by atoms with Crippen LogP contribution in [0.2, 0.25) is 0 Å². The number of hydrogen-bond donors (Lipinski definition) is 2. The summed E-state index contributed by atoms with van der Waals surface area (Å²) in [6.45, 7) is 7.21. The van der Waals surface area contributed by atoms with Crippen molar-refractivity contribution in [3.05, 3.63) is 16.1 Å². The summed E-state index contributed by atoms with van der Waals surface area (Å²) in [5.74, 6) is 0.680. The highest BCUT2D eigenvalue weighted by molar-refractivity contribution is 7.09. The van der Waals surface area contributed by atoms with Gasteiger partial charge in [0, 0.05) is 30.9 Å². The third-order valence-corrected chi connectivity index (χ3v) is 3.69. The lowest BCUT2D eigenvalue weighted by Gasteiger charge is -2.15. The summed E-state index contributed by atoms with van der Waals surface area (Å²) >= 11 is 1.02. The quantitative estimate of drug-likeness (QED) is 0.625. The summed E-state index contributed by atoms with van der Waals surface area (Å²) in [5, 5.41) is 7.82. The van der Waals surface area contributed by atoms with Crippen LogP contribution in [0.25, 0.3) is 0 Å². The Morgan fingerprint density at radius 1 is 1.43 bits per heavy atom. The first-order valence-electron chi connectivity index (χ1n) is 6.93. The van der Waals surface area contributed by atoms with Crippen LogP contribution >= 0.6 is 11.3 Å². The number of alkyl halides is 3. The number of halogens is 3. The van der Waals surface area contributed by atoms with E-state index < -0.39 is 11.9 Å². The lowest BCUT2D eigenvalue weighted by Crippen LogP contribution is -2.42. The second kappa shape index (κ2) is 8.21. The zero-order chi connectivity index (χ0) is 15.9. The number of aromatic nitrogens is 1. The molecule has 1 rings (SSSR count). The smallest absolute Gasteiger partial charge is 0.357 e. The van der Waals surface area contributed by atoms with Crippen LogP contribution in [0.1, 0.15) is 37.9 Å². The van der Waals surface area contributed by atoms with Gasteiger partial charge in [0.25, 0.3) is 0 Å². The van der Waals surface area contributed by atoms with Gasteiger partial charge in [-0.1, -0.05) is 6.92 Å². The topological polar surface area (TPSA) is 49.3 Å². The summed E-state index contributed by atoms with van der Waals surface area (Å²) in [5.41, 5.74) is -0.823. The Morgan fingerprint density at radius 2 is 2.14 bits per heavy atom. The van der Waals surface area contributed by atoms with Crippen molar-refractivity contribution in [2.45, 2.75) is 45.8 Å². The number of nitrogens with one attached hydrogen (secondary N) is 2. The van der Waals surface area contributed by atoms with Gasteiger partial charge in [0.15, 0.2) is 11.7 Å². The highest BCUT2D eigenvalue weighted by Gasteiger charge is 2.33. The van der Waals surface area contributed by atoms with Crippen molar-refractivity contribution in [2.24, 2.45) is 4.99 Å². The van der Waals surface area contributed by atoms with Gasteiger partial charge >= 0.3 is 6.18 Å². The van der Waals surface area contributed by atoms with Gasteiger partial charge in [-0.05, 0) is 20.3 Å². The standard InChI is InChI=1S/C13H21F3N4S/c1-4-9(3)19-12(17-5-2)18-7-6-11-20-10(8-21-11)13(14,15)16/h8-9H,4-7H2,1-3H3,(H2,17,18,19). The third kappa shape index (κ3) is 6.33. The number of hydrogen-bond acceptors (Lipinski definition) is 3. The number of aliphatic imine (C=N–C) groups is 1. The number of guanidine groups is 1. The first kappa shape index (κ1) is 17.7. The summed E-state index contributed by atoms with van der Waals surface area (Å²) < 4.78 is 37.3. The van der Waals surface area contributed by atoms with Gasteiger partial charge in [-0.15, -0.1) is 11.3 Å². The molecule has 1 atom stereocenters. The van der Waals surface area contributed by atoms with Crippen LogP contribution in [-0.4, -0.2) is 30.1 Å². The average molecular weight is 322 g/mol. The molecule has 0 saturated heterocycles. The van der Waals surface area contributed by atoms with E-state index in [-0.39, 0.29) is 0 Å². The maximum absolute atomic E-state index is 12.4. The maximum atomic E-state index is 12.4.